The average Bonchev–Trinajstić information content (AvgIpc) is 3.89. The van der Waals surface area contributed by atoms with Crippen molar-refractivity contribution in [2.45, 2.75) is 86.1 Å². The molecule has 0 saturated carbocycles. The minimum absolute atomic E-state index is 0.0812. The van der Waals surface area contributed by atoms with Crippen LogP contribution in [0, 0.1) is 31.6 Å². The Morgan fingerprint density at radius 3 is 2.43 bits per heavy atom. The Morgan fingerprint density at radius 1 is 1.00 bits per heavy atom. The van der Waals surface area contributed by atoms with Crippen LogP contribution >= 0.6 is 0 Å². The van der Waals surface area contributed by atoms with Gasteiger partial charge < -0.3 is 34.8 Å². The van der Waals surface area contributed by atoms with E-state index in [4.69, 9.17) is 9.47 Å². The molecule has 10 heteroatoms. The molecule has 0 amide bonds. The molecule has 6 rings (SSSR count). The zero-order chi connectivity index (χ0) is 38.1. The minimum atomic E-state index is -1.14. The van der Waals surface area contributed by atoms with Crippen molar-refractivity contribution in [2.75, 3.05) is 13.7 Å². The Balaban J connectivity index is 1.54. The molecule has 3 aromatic rings. The smallest absolute Gasteiger partial charge is 0.320 e. The van der Waals surface area contributed by atoms with Crippen LogP contribution in [0.4, 0.5) is 0 Å². The first-order chi connectivity index (χ1) is 25.5. The van der Waals surface area contributed by atoms with E-state index in [1.807, 2.05) is 45.1 Å². The molecule has 4 atom stereocenters. The van der Waals surface area contributed by atoms with Gasteiger partial charge in [-0.2, -0.15) is 0 Å². The normalized spacial score (nSPS) is 23.1. The van der Waals surface area contributed by atoms with Gasteiger partial charge in [0.25, 0.3) is 0 Å². The number of hydrogen-bond donors (Lipinski definition) is 5. The summed E-state index contributed by atoms with van der Waals surface area (Å²) >= 11 is 0. The molecule has 2 aliphatic heterocycles. The number of nitrogens with one attached hydrogen (secondary N) is 4. The van der Waals surface area contributed by atoms with Crippen LogP contribution in [-0.4, -0.2) is 57.5 Å². The van der Waals surface area contributed by atoms with Crippen molar-refractivity contribution < 1.29 is 29.0 Å². The van der Waals surface area contributed by atoms with Gasteiger partial charge >= 0.3 is 11.9 Å². The summed E-state index contributed by atoms with van der Waals surface area (Å²) in [6, 6.07) is -0.465. The molecule has 0 radical (unpaired) electrons. The standard InChI is InChI=1S/C43H52N4O6/c1-9-12-13-22(4)16-17-53-36(49)15-14-28-24(6)31-18-30-23(5)26(10-2)33(44-30)20-35-29(21-48)27(11-3)34(45-35)19-32-25(7)37-41(47-32)38(40(28)46-31)39(42(37)50)43(51)52-8/h10,16,18-21,24,28,39-40,44-48H,2,9,11-15,17H2,1,3-8H3/b22-16+,29-21-,31-18+,32-19-,35-20-/t24-,28-,39+,40?/m0/s1. The zero-order valence-corrected chi connectivity index (χ0v) is 31.9. The van der Waals surface area contributed by atoms with Crippen molar-refractivity contribution in [3.63, 3.8) is 0 Å². The number of Topliss-reactive ketones (excluding diaryl/α,β-unsaturated/α-hetero) is 1. The maximum absolute atomic E-state index is 14.3. The number of ketones is 1. The number of hydrogen-bond acceptors (Lipinski definition) is 7. The summed E-state index contributed by atoms with van der Waals surface area (Å²) in [6.45, 7) is 16.6. The van der Waals surface area contributed by atoms with Crippen LogP contribution in [-0.2, 0) is 25.5 Å². The Labute approximate surface area is 310 Å². The minimum Gasteiger partial charge on any atom is -0.515 e. The Kier molecular flexibility index (Phi) is 10.9. The molecular formula is C43H52N4O6. The summed E-state index contributed by atoms with van der Waals surface area (Å²) in [7, 11) is 1.30. The average molecular weight is 721 g/mol. The number of rotatable bonds is 11. The molecule has 1 fully saturated rings. The molecule has 5 N–H and O–H groups in total. The first kappa shape index (κ1) is 37.5. The summed E-state index contributed by atoms with van der Waals surface area (Å²) in [6.07, 6.45) is 15.4. The lowest BCUT2D eigenvalue weighted by Gasteiger charge is -2.25. The van der Waals surface area contributed by atoms with Crippen LogP contribution in [0.2, 0.25) is 0 Å². The van der Waals surface area contributed by atoms with Gasteiger partial charge in [-0.3, -0.25) is 14.4 Å². The Hall–Kier alpha value is -5.25. The number of fused-ring (bicyclic) bond motifs is 8. The first-order valence-electron chi connectivity index (χ1n) is 18.7. The van der Waals surface area contributed by atoms with E-state index >= 15 is 0 Å². The highest BCUT2D eigenvalue weighted by Crippen LogP contribution is 2.42. The van der Waals surface area contributed by atoms with Gasteiger partial charge in [-0.25, -0.2) is 0 Å². The number of aliphatic hydroxyl groups excluding tert-OH is 1. The Morgan fingerprint density at radius 2 is 1.75 bits per heavy atom. The number of H-pyrrole nitrogens is 3. The highest BCUT2D eigenvalue weighted by Gasteiger charge is 2.49. The molecular weight excluding hydrogens is 668 g/mol. The summed E-state index contributed by atoms with van der Waals surface area (Å²) in [5.41, 5.74) is 9.25. The molecule has 1 aliphatic carbocycles. The van der Waals surface area contributed by atoms with Gasteiger partial charge in [0.05, 0.1) is 30.1 Å². The Bertz CT molecular complexity index is 2290. The van der Waals surface area contributed by atoms with Crippen LogP contribution in [0.5, 0.6) is 0 Å². The molecule has 3 aliphatic rings. The van der Waals surface area contributed by atoms with Crippen LogP contribution in [0.3, 0.4) is 0 Å². The van der Waals surface area contributed by atoms with E-state index < -0.39 is 17.9 Å². The van der Waals surface area contributed by atoms with E-state index in [2.05, 4.69) is 53.7 Å². The number of allylic oxidation sites excluding steroid dienone is 2. The number of carbonyl (C=O) groups is 3. The molecule has 5 heterocycles. The van der Waals surface area contributed by atoms with Crippen molar-refractivity contribution in [2.24, 2.45) is 17.8 Å². The molecule has 0 aromatic carbocycles. The van der Waals surface area contributed by atoms with Crippen LogP contribution in [0.25, 0.3) is 36.1 Å². The number of aliphatic hydroxyl groups is 1. The number of methoxy groups -OCH3 is 1. The fourth-order valence-corrected chi connectivity index (χ4v) is 8.41. The summed E-state index contributed by atoms with van der Waals surface area (Å²) < 4.78 is 10.9. The number of ether oxygens (including phenoxy) is 2. The molecule has 8 bridgehead atoms. The fraction of sp³-hybridized carbons (Fsp3) is 0.419. The topological polar surface area (TPSA) is 149 Å². The van der Waals surface area contributed by atoms with E-state index in [0.29, 0.717) is 34.5 Å². The predicted molar refractivity (Wildman–Crippen MR) is 208 cm³/mol. The molecule has 0 spiro atoms. The van der Waals surface area contributed by atoms with Crippen molar-refractivity contribution in [3.8, 4) is 0 Å². The fourth-order valence-electron chi connectivity index (χ4n) is 8.41. The van der Waals surface area contributed by atoms with Crippen LogP contribution < -0.4 is 26.6 Å². The molecule has 280 valence electrons. The van der Waals surface area contributed by atoms with E-state index in [-0.39, 0.29) is 36.6 Å². The van der Waals surface area contributed by atoms with Gasteiger partial charge in [0, 0.05) is 56.8 Å². The third-order valence-corrected chi connectivity index (χ3v) is 11.5. The SMILES string of the molecule is C=Cc1c2[nH]c(c1C)/C=C1/NC(C3=c4[nH]/c(c(C)c4C(=O)[C@@H]3C(=O)OC)=C\c3[nH]c(/c(=C\O)c3CC)=C\2)[C@@H](CCC(=O)OC/C=C(\C)CCCC)[C@@H]1C. The highest BCUT2D eigenvalue weighted by atomic mass is 16.5. The van der Waals surface area contributed by atoms with Crippen LogP contribution in [0.1, 0.15) is 109 Å². The third kappa shape index (κ3) is 6.75. The molecule has 53 heavy (non-hydrogen) atoms. The lowest BCUT2D eigenvalue weighted by molar-refractivity contribution is -0.143. The number of carbonyl (C=O) groups excluding carboxylic acids is 3. The van der Waals surface area contributed by atoms with Crippen molar-refractivity contribution in [1.82, 2.24) is 20.3 Å². The summed E-state index contributed by atoms with van der Waals surface area (Å²) in [5.74, 6) is -2.60. The number of aromatic amines is 3. The molecule has 1 unspecified atom stereocenters. The number of esters is 2. The van der Waals surface area contributed by atoms with Gasteiger partial charge in [0.15, 0.2) is 5.78 Å². The van der Waals surface area contributed by atoms with Crippen LogP contribution in [0.15, 0.2) is 23.9 Å². The van der Waals surface area contributed by atoms with Gasteiger partial charge in [-0.15, -0.1) is 0 Å². The summed E-state index contributed by atoms with van der Waals surface area (Å²) in [5, 5.41) is 16.9. The van der Waals surface area contributed by atoms with E-state index in [9.17, 15) is 19.5 Å². The maximum atomic E-state index is 14.3. The van der Waals surface area contributed by atoms with E-state index in [1.54, 1.807) is 0 Å². The quantitative estimate of drug-likeness (QED) is 0.110. The maximum Gasteiger partial charge on any atom is 0.320 e. The summed E-state index contributed by atoms with van der Waals surface area (Å²) in [4.78, 5) is 51.5. The lowest BCUT2D eigenvalue weighted by atomic mass is 9.80. The van der Waals surface area contributed by atoms with Gasteiger partial charge in [-0.1, -0.05) is 45.4 Å². The largest absolute Gasteiger partial charge is 0.515 e. The molecule has 3 aromatic heterocycles. The second kappa shape index (κ2) is 15.4. The van der Waals surface area contributed by atoms with Gasteiger partial charge in [0.2, 0.25) is 0 Å². The highest BCUT2D eigenvalue weighted by molar-refractivity contribution is 6.19. The van der Waals surface area contributed by atoms with Gasteiger partial charge in [0.1, 0.15) is 12.5 Å². The first-order valence-corrected chi connectivity index (χ1v) is 18.7. The van der Waals surface area contributed by atoms with Crippen molar-refractivity contribution in [3.05, 3.63) is 90.1 Å². The van der Waals surface area contributed by atoms with E-state index in [0.717, 1.165) is 81.3 Å². The zero-order valence-electron chi connectivity index (χ0n) is 31.9. The predicted octanol–water partition coefficient (Wildman–Crippen LogP) is 4.62. The molecule has 10 nitrogen and oxygen atoms in total. The van der Waals surface area contributed by atoms with E-state index in [1.165, 1.54) is 12.7 Å². The monoisotopic (exact) mass is 720 g/mol. The van der Waals surface area contributed by atoms with Gasteiger partial charge in [-0.05, 0) is 98.9 Å². The lowest BCUT2D eigenvalue weighted by Crippen LogP contribution is -2.38. The second-order valence-electron chi connectivity index (χ2n) is 14.6. The van der Waals surface area contributed by atoms with Crippen molar-refractivity contribution >= 4 is 53.9 Å². The van der Waals surface area contributed by atoms with Crippen molar-refractivity contribution in [1.29, 1.82) is 0 Å². The molecule has 1 saturated heterocycles. The third-order valence-electron chi connectivity index (χ3n) is 11.5. The number of unbranched alkanes of at least 4 members (excludes halogenated alkanes) is 1. The second-order valence-corrected chi connectivity index (χ2v) is 14.6. The number of aromatic nitrogens is 3.